The molecule has 3 rings (SSSR count). The number of pyridine rings is 1. The van der Waals surface area contributed by atoms with Gasteiger partial charge in [-0.15, -0.1) is 0 Å². The molecule has 3 aromatic rings. The Hall–Kier alpha value is -3.23. The first-order valence-corrected chi connectivity index (χ1v) is 11.7. The van der Waals surface area contributed by atoms with Crippen LogP contribution in [0.25, 0.3) is 0 Å². The lowest BCUT2D eigenvalue weighted by molar-refractivity contribution is -0.116. The van der Waals surface area contributed by atoms with E-state index in [0.717, 1.165) is 11.3 Å². The van der Waals surface area contributed by atoms with E-state index >= 15 is 0 Å². The second kappa shape index (κ2) is 10.4. The van der Waals surface area contributed by atoms with Crippen molar-refractivity contribution in [1.82, 2.24) is 9.71 Å². The molecule has 1 amide bonds. The van der Waals surface area contributed by atoms with Gasteiger partial charge >= 0.3 is 0 Å². The molecule has 8 heteroatoms. The van der Waals surface area contributed by atoms with Gasteiger partial charge in [0.15, 0.2) is 0 Å². The third kappa shape index (κ3) is 6.38. The Bertz CT molecular complexity index is 1170. The highest BCUT2D eigenvalue weighted by molar-refractivity contribution is 7.89. The molecule has 0 aliphatic rings. The number of anilines is 1. The van der Waals surface area contributed by atoms with Crippen LogP contribution in [-0.2, 0) is 21.4 Å². The molecule has 7 nitrogen and oxygen atoms in total. The third-order valence-electron chi connectivity index (χ3n) is 4.75. The summed E-state index contributed by atoms with van der Waals surface area (Å²) in [5.74, 6) is 0.298. The van der Waals surface area contributed by atoms with Crippen molar-refractivity contribution in [3.05, 3.63) is 83.2 Å². The van der Waals surface area contributed by atoms with E-state index in [2.05, 4.69) is 15.0 Å². The average Bonchev–Trinajstić information content (AvgIpc) is 2.72. The number of sulfonamides is 1. The van der Waals surface area contributed by atoms with Crippen LogP contribution in [0.1, 0.15) is 28.8 Å². The summed E-state index contributed by atoms with van der Waals surface area (Å²) in [6.07, 6.45) is 1.70. The maximum atomic E-state index is 12.7. The highest BCUT2D eigenvalue weighted by atomic mass is 32.2. The Morgan fingerprint density at radius 1 is 1.00 bits per heavy atom. The average molecular weight is 454 g/mol. The van der Waals surface area contributed by atoms with Gasteiger partial charge in [0.2, 0.25) is 15.9 Å². The van der Waals surface area contributed by atoms with Crippen molar-refractivity contribution < 1.29 is 17.9 Å². The SMILES string of the molecule is Cc1cc(C)c(S(=O)(=O)NCCC(=O)Nc2cccc(OCc3ccccn3)c2)c(C)c1. The molecule has 0 saturated carbocycles. The van der Waals surface area contributed by atoms with E-state index in [-0.39, 0.29) is 23.8 Å². The van der Waals surface area contributed by atoms with Gasteiger partial charge in [0.25, 0.3) is 0 Å². The number of aryl methyl sites for hydroxylation is 3. The summed E-state index contributed by atoms with van der Waals surface area (Å²) in [5.41, 5.74) is 3.74. The van der Waals surface area contributed by atoms with Crippen molar-refractivity contribution in [3.63, 3.8) is 0 Å². The fraction of sp³-hybridized carbons (Fsp3) is 0.250. The van der Waals surface area contributed by atoms with Gasteiger partial charge in [-0.05, 0) is 56.2 Å². The Morgan fingerprint density at radius 3 is 2.44 bits per heavy atom. The second-order valence-electron chi connectivity index (χ2n) is 7.56. The minimum Gasteiger partial charge on any atom is -0.487 e. The standard InChI is InChI=1S/C24H27N3O4S/c1-17-13-18(2)24(19(3)14-17)32(29,30)26-12-10-23(28)27-20-8-6-9-22(15-20)31-16-21-7-4-5-11-25-21/h4-9,11,13-15,26H,10,12,16H2,1-3H3,(H,27,28). The Balaban J connectivity index is 1.53. The summed E-state index contributed by atoms with van der Waals surface area (Å²) < 4.78 is 33.6. The number of nitrogens with one attached hydrogen (secondary N) is 2. The molecule has 1 heterocycles. The van der Waals surface area contributed by atoms with Crippen LogP contribution >= 0.6 is 0 Å². The normalized spacial score (nSPS) is 11.2. The first-order valence-electron chi connectivity index (χ1n) is 10.2. The summed E-state index contributed by atoms with van der Waals surface area (Å²) in [6, 6.07) is 16.3. The maximum Gasteiger partial charge on any atom is 0.241 e. The smallest absolute Gasteiger partial charge is 0.241 e. The highest BCUT2D eigenvalue weighted by Gasteiger charge is 2.19. The van der Waals surface area contributed by atoms with Gasteiger partial charge in [-0.1, -0.05) is 29.8 Å². The summed E-state index contributed by atoms with van der Waals surface area (Å²) >= 11 is 0. The van der Waals surface area contributed by atoms with Gasteiger partial charge in [0.05, 0.1) is 10.6 Å². The highest BCUT2D eigenvalue weighted by Crippen LogP contribution is 2.22. The molecule has 0 saturated heterocycles. The topological polar surface area (TPSA) is 97.4 Å². The van der Waals surface area contributed by atoms with E-state index in [9.17, 15) is 13.2 Å². The second-order valence-corrected chi connectivity index (χ2v) is 9.27. The Morgan fingerprint density at radius 2 is 1.75 bits per heavy atom. The fourth-order valence-corrected chi connectivity index (χ4v) is 4.97. The van der Waals surface area contributed by atoms with Crippen molar-refractivity contribution in [2.24, 2.45) is 0 Å². The third-order valence-corrected chi connectivity index (χ3v) is 6.51. The number of ether oxygens (including phenoxy) is 1. The number of hydrogen-bond donors (Lipinski definition) is 2. The van der Waals surface area contributed by atoms with Crippen LogP contribution in [0.2, 0.25) is 0 Å². The van der Waals surface area contributed by atoms with Crippen molar-refractivity contribution >= 4 is 21.6 Å². The summed E-state index contributed by atoms with van der Waals surface area (Å²) in [5, 5.41) is 2.77. The number of nitrogens with zero attached hydrogens (tertiary/aromatic N) is 1. The van der Waals surface area contributed by atoms with E-state index in [1.807, 2.05) is 37.3 Å². The van der Waals surface area contributed by atoms with E-state index in [1.54, 1.807) is 44.3 Å². The van der Waals surface area contributed by atoms with Crippen molar-refractivity contribution in [3.8, 4) is 5.75 Å². The Kier molecular flexibility index (Phi) is 7.61. The molecule has 168 valence electrons. The quantitative estimate of drug-likeness (QED) is 0.512. The van der Waals surface area contributed by atoms with Crippen molar-refractivity contribution in [2.45, 2.75) is 38.7 Å². The number of hydrogen-bond acceptors (Lipinski definition) is 5. The maximum absolute atomic E-state index is 12.7. The molecule has 0 unspecified atom stereocenters. The van der Waals surface area contributed by atoms with Crippen LogP contribution in [0.3, 0.4) is 0 Å². The molecule has 0 bridgehead atoms. The lowest BCUT2D eigenvalue weighted by Crippen LogP contribution is -2.29. The Labute approximate surface area is 188 Å². The van der Waals surface area contributed by atoms with Crippen molar-refractivity contribution in [1.29, 1.82) is 0 Å². The van der Waals surface area contributed by atoms with Gasteiger partial charge in [-0.25, -0.2) is 13.1 Å². The first-order chi connectivity index (χ1) is 15.2. The lowest BCUT2D eigenvalue weighted by Gasteiger charge is -2.13. The summed E-state index contributed by atoms with van der Waals surface area (Å²) in [4.78, 5) is 16.8. The predicted molar refractivity (Wildman–Crippen MR) is 124 cm³/mol. The molecular weight excluding hydrogens is 426 g/mol. The molecule has 0 spiro atoms. The number of carbonyl (C=O) groups is 1. The van der Waals surface area contributed by atoms with Crippen LogP contribution in [0.5, 0.6) is 5.75 Å². The van der Waals surface area contributed by atoms with E-state index in [0.29, 0.717) is 29.2 Å². The van der Waals surface area contributed by atoms with Crippen LogP contribution in [-0.4, -0.2) is 25.9 Å². The van der Waals surface area contributed by atoms with Crippen molar-refractivity contribution in [2.75, 3.05) is 11.9 Å². The van der Waals surface area contributed by atoms with E-state index < -0.39 is 10.0 Å². The monoisotopic (exact) mass is 453 g/mol. The van der Waals surface area contributed by atoms with Crippen LogP contribution in [0.4, 0.5) is 5.69 Å². The fourth-order valence-electron chi connectivity index (χ4n) is 3.49. The molecule has 0 atom stereocenters. The molecular formula is C24H27N3O4S. The van der Waals surface area contributed by atoms with Gasteiger partial charge in [-0.3, -0.25) is 9.78 Å². The van der Waals surface area contributed by atoms with Crippen LogP contribution in [0, 0.1) is 20.8 Å². The van der Waals surface area contributed by atoms with Crippen LogP contribution < -0.4 is 14.8 Å². The zero-order chi connectivity index (χ0) is 23.1. The van der Waals surface area contributed by atoms with Gasteiger partial charge in [0.1, 0.15) is 12.4 Å². The molecule has 0 aliphatic heterocycles. The molecule has 0 fully saturated rings. The zero-order valence-corrected chi connectivity index (χ0v) is 19.2. The lowest BCUT2D eigenvalue weighted by atomic mass is 10.1. The predicted octanol–water partition coefficient (Wildman–Crippen LogP) is 3.89. The molecule has 2 aromatic carbocycles. The number of aromatic nitrogens is 1. The molecule has 0 radical (unpaired) electrons. The number of carbonyl (C=O) groups excluding carboxylic acids is 1. The van der Waals surface area contributed by atoms with E-state index in [4.69, 9.17) is 4.74 Å². The molecule has 1 aromatic heterocycles. The minimum absolute atomic E-state index is 0.00219. The minimum atomic E-state index is -3.70. The van der Waals surface area contributed by atoms with E-state index in [1.165, 1.54) is 0 Å². The first kappa shape index (κ1) is 23.4. The summed E-state index contributed by atoms with van der Waals surface area (Å²) in [7, 11) is -3.70. The molecule has 32 heavy (non-hydrogen) atoms. The van der Waals surface area contributed by atoms with Gasteiger partial charge < -0.3 is 10.1 Å². The number of benzene rings is 2. The molecule has 0 aliphatic carbocycles. The number of rotatable bonds is 9. The van der Waals surface area contributed by atoms with Gasteiger partial charge in [-0.2, -0.15) is 0 Å². The van der Waals surface area contributed by atoms with Gasteiger partial charge in [0, 0.05) is 30.9 Å². The largest absolute Gasteiger partial charge is 0.487 e. The molecule has 2 N–H and O–H groups in total. The van der Waals surface area contributed by atoms with Crippen LogP contribution in [0.15, 0.2) is 65.7 Å². The summed E-state index contributed by atoms with van der Waals surface area (Å²) in [6.45, 7) is 5.77. The zero-order valence-electron chi connectivity index (χ0n) is 18.4. The number of amides is 1.